The zero-order valence-corrected chi connectivity index (χ0v) is 19.6. The third-order valence-electron chi connectivity index (χ3n) is 5.40. The van der Waals surface area contributed by atoms with Gasteiger partial charge in [0.05, 0.1) is 13.2 Å². The highest BCUT2D eigenvalue weighted by atomic mass is 79.9. The van der Waals surface area contributed by atoms with Crippen molar-refractivity contribution in [3.8, 4) is 5.75 Å². The maximum Gasteiger partial charge on any atom is 0.410 e. The molecule has 1 aliphatic heterocycles. The molecular weight excluding hydrogens is 525 g/mol. The zero-order valence-electron chi connectivity index (χ0n) is 17.3. The number of aromatic nitrogens is 2. The smallest absolute Gasteiger partial charge is 0.410 e. The Balaban J connectivity index is 1.59. The van der Waals surface area contributed by atoms with Crippen molar-refractivity contribution in [3.63, 3.8) is 0 Å². The van der Waals surface area contributed by atoms with Gasteiger partial charge in [0.15, 0.2) is 11.7 Å². The van der Waals surface area contributed by atoms with Crippen LogP contribution in [-0.4, -0.2) is 29.0 Å². The number of alkyl halides is 3. The van der Waals surface area contributed by atoms with Gasteiger partial charge in [0.25, 0.3) is 5.91 Å². The standard InChI is InChI=1S/C22H19BrClF3N4O2/c1-33-15-8-2-12(3-9-15)11-28-21(32)19-18(24)20-29-16(13-4-6-14(23)7-5-13)10-17(22(25,26)27)31(20)30-19/h2-9,16-17,29H,10-11H2,1H3,(H,28,32)/t16-,17+/m0/s1. The predicted molar refractivity (Wildman–Crippen MR) is 122 cm³/mol. The van der Waals surface area contributed by atoms with Crippen molar-refractivity contribution >= 4 is 39.3 Å². The SMILES string of the molecule is COc1ccc(CNC(=O)c2nn3c(c2Cl)N[C@H](c2ccc(Br)cc2)C[C@@H]3C(F)(F)F)cc1. The maximum atomic E-state index is 13.9. The van der Waals surface area contributed by atoms with Crippen LogP contribution in [0.3, 0.4) is 0 Å². The number of nitrogens with zero attached hydrogens (tertiary/aromatic N) is 2. The van der Waals surface area contributed by atoms with Crippen molar-refractivity contribution in [2.24, 2.45) is 0 Å². The molecule has 0 saturated heterocycles. The van der Waals surface area contributed by atoms with Crippen molar-refractivity contribution in [1.29, 1.82) is 0 Å². The number of anilines is 1. The number of carbonyl (C=O) groups excluding carboxylic acids is 1. The second-order valence-corrected chi connectivity index (χ2v) is 8.82. The summed E-state index contributed by atoms with van der Waals surface area (Å²) in [6.45, 7) is 0.152. The van der Waals surface area contributed by atoms with Gasteiger partial charge in [-0.05, 0) is 35.4 Å². The summed E-state index contributed by atoms with van der Waals surface area (Å²) >= 11 is 9.68. The highest BCUT2D eigenvalue weighted by Gasteiger charge is 2.47. The van der Waals surface area contributed by atoms with Gasteiger partial charge in [-0.3, -0.25) is 4.79 Å². The molecule has 1 aromatic heterocycles. The molecule has 0 spiro atoms. The fourth-order valence-corrected chi connectivity index (χ4v) is 4.19. The molecule has 0 unspecified atom stereocenters. The number of rotatable bonds is 5. The van der Waals surface area contributed by atoms with Crippen LogP contribution in [0.1, 0.15) is 40.1 Å². The van der Waals surface area contributed by atoms with E-state index in [1.54, 1.807) is 55.6 Å². The van der Waals surface area contributed by atoms with Gasteiger partial charge < -0.3 is 15.4 Å². The number of nitrogens with one attached hydrogen (secondary N) is 2. The third kappa shape index (κ3) is 4.96. The van der Waals surface area contributed by atoms with E-state index in [-0.39, 0.29) is 29.5 Å². The van der Waals surface area contributed by atoms with Crippen LogP contribution in [0.4, 0.5) is 19.0 Å². The van der Waals surface area contributed by atoms with Gasteiger partial charge in [-0.25, -0.2) is 4.68 Å². The molecule has 0 bridgehead atoms. The van der Waals surface area contributed by atoms with Crippen LogP contribution in [0, 0.1) is 0 Å². The van der Waals surface area contributed by atoms with Gasteiger partial charge in [-0.2, -0.15) is 18.3 Å². The number of ether oxygens (including phenoxy) is 1. The number of fused-ring (bicyclic) bond motifs is 1. The lowest BCUT2D eigenvalue weighted by molar-refractivity contribution is -0.173. The zero-order chi connectivity index (χ0) is 23.8. The van der Waals surface area contributed by atoms with Crippen molar-refractivity contribution in [1.82, 2.24) is 15.1 Å². The van der Waals surface area contributed by atoms with Gasteiger partial charge in [0, 0.05) is 17.4 Å². The molecule has 2 atom stereocenters. The molecule has 174 valence electrons. The molecule has 1 amide bonds. The molecule has 0 saturated carbocycles. The van der Waals surface area contributed by atoms with E-state index in [4.69, 9.17) is 16.3 Å². The largest absolute Gasteiger partial charge is 0.497 e. The molecule has 2 aromatic carbocycles. The average Bonchev–Trinajstić information content (AvgIpc) is 3.13. The quantitative estimate of drug-likeness (QED) is 0.421. The minimum atomic E-state index is -4.57. The third-order valence-corrected chi connectivity index (χ3v) is 6.28. The Morgan fingerprint density at radius 3 is 2.52 bits per heavy atom. The van der Waals surface area contributed by atoms with E-state index >= 15 is 0 Å². The first-order valence-electron chi connectivity index (χ1n) is 9.95. The van der Waals surface area contributed by atoms with Crippen LogP contribution < -0.4 is 15.4 Å². The van der Waals surface area contributed by atoms with Crippen molar-refractivity contribution in [2.45, 2.75) is 31.2 Å². The van der Waals surface area contributed by atoms with E-state index in [0.29, 0.717) is 11.3 Å². The summed E-state index contributed by atoms with van der Waals surface area (Å²) in [6, 6.07) is 11.4. The summed E-state index contributed by atoms with van der Waals surface area (Å²) in [5.41, 5.74) is 1.19. The lowest BCUT2D eigenvalue weighted by Crippen LogP contribution is -2.35. The Bertz CT molecular complexity index is 1150. The number of methoxy groups -OCH3 is 1. The molecule has 1 aliphatic rings. The van der Waals surface area contributed by atoms with E-state index in [1.165, 1.54) is 0 Å². The molecule has 11 heteroatoms. The van der Waals surface area contributed by atoms with E-state index in [1.807, 2.05) is 0 Å². The molecule has 2 N–H and O–H groups in total. The minimum absolute atomic E-state index is 0.0345. The summed E-state index contributed by atoms with van der Waals surface area (Å²) in [7, 11) is 1.54. The second kappa shape index (κ2) is 9.26. The first-order chi connectivity index (χ1) is 15.7. The molecule has 0 fully saturated rings. The van der Waals surface area contributed by atoms with Crippen LogP contribution >= 0.6 is 27.5 Å². The van der Waals surface area contributed by atoms with Crippen molar-refractivity contribution in [3.05, 3.63) is 74.8 Å². The van der Waals surface area contributed by atoms with Crippen LogP contribution in [0.25, 0.3) is 0 Å². The van der Waals surface area contributed by atoms with Crippen LogP contribution in [0.2, 0.25) is 5.02 Å². The Morgan fingerprint density at radius 1 is 1.24 bits per heavy atom. The Kier molecular flexibility index (Phi) is 6.58. The lowest BCUT2D eigenvalue weighted by Gasteiger charge is -2.33. The number of hydrogen-bond acceptors (Lipinski definition) is 4. The average molecular weight is 544 g/mol. The van der Waals surface area contributed by atoms with Crippen molar-refractivity contribution < 1.29 is 22.7 Å². The molecule has 3 aromatic rings. The first kappa shape index (κ1) is 23.4. The normalized spacial score (nSPS) is 17.8. The van der Waals surface area contributed by atoms with Gasteiger partial charge >= 0.3 is 6.18 Å². The van der Waals surface area contributed by atoms with E-state index in [2.05, 4.69) is 31.7 Å². The lowest BCUT2D eigenvalue weighted by atomic mass is 9.97. The van der Waals surface area contributed by atoms with Gasteiger partial charge in [-0.15, -0.1) is 0 Å². The fraction of sp³-hybridized carbons (Fsp3) is 0.273. The van der Waals surface area contributed by atoms with Crippen LogP contribution in [0.15, 0.2) is 53.0 Å². The summed E-state index contributed by atoms with van der Waals surface area (Å²) < 4.78 is 48.4. The van der Waals surface area contributed by atoms with Gasteiger partial charge in [0.1, 0.15) is 16.6 Å². The molecule has 0 aliphatic carbocycles. The van der Waals surface area contributed by atoms with E-state index in [0.717, 1.165) is 14.7 Å². The summed E-state index contributed by atoms with van der Waals surface area (Å²) in [5.74, 6) is -0.0344. The number of hydrogen-bond donors (Lipinski definition) is 2. The molecular formula is C22H19BrClF3N4O2. The van der Waals surface area contributed by atoms with Gasteiger partial charge in [-0.1, -0.05) is 51.8 Å². The summed E-state index contributed by atoms with van der Waals surface area (Å²) in [5, 5.41) is 9.46. The molecule has 6 nitrogen and oxygen atoms in total. The molecule has 0 radical (unpaired) electrons. The highest BCUT2D eigenvalue weighted by molar-refractivity contribution is 9.10. The first-order valence-corrected chi connectivity index (χ1v) is 11.1. The molecule has 4 rings (SSSR count). The topological polar surface area (TPSA) is 68.2 Å². The molecule has 2 heterocycles. The Morgan fingerprint density at radius 2 is 1.91 bits per heavy atom. The fourth-order valence-electron chi connectivity index (χ4n) is 3.66. The molecule has 33 heavy (non-hydrogen) atoms. The Labute approximate surface area is 201 Å². The van der Waals surface area contributed by atoms with Crippen LogP contribution in [0.5, 0.6) is 5.75 Å². The summed E-state index contributed by atoms with van der Waals surface area (Å²) in [4.78, 5) is 12.7. The van der Waals surface area contributed by atoms with E-state index < -0.39 is 24.2 Å². The second-order valence-electron chi connectivity index (χ2n) is 7.53. The minimum Gasteiger partial charge on any atom is -0.497 e. The highest BCUT2D eigenvalue weighted by Crippen LogP contribution is 2.46. The monoisotopic (exact) mass is 542 g/mol. The van der Waals surface area contributed by atoms with E-state index in [9.17, 15) is 18.0 Å². The summed E-state index contributed by atoms with van der Waals surface area (Å²) in [6.07, 6.45) is -4.86. The number of halogens is 5. The number of carbonyl (C=O) groups is 1. The maximum absolute atomic E-state index is 13.9. The van der Waals surface area contributed by atoms with Crippen molar-refractivity contribution in [2.75, 3.05) is 12.4 Å². The van der Waals surface area contributed by atoms with Gasteiger partial charge in [0.2, 0.25) is 0 Å². The number of amides is 1. The predicted octanol–water partition coefficient (Wildman–Crippen LogP) is 5.90. The van der Waals surface area contributed by atoms with Crippen LogP contribution in [-0.2, 0) is 6.54 Å². The number of benzene rings is 2. The Hall–Kier alpha value is -2.72.